The minimum Gasteiger partial charge on any atom is -0.375 e. The highest BCUT2D eigenvalue weighted by Gasteiger charge is 2.25. The Balaban J connectivity index is 0.00000200. The summed E-state index contributed by atoms with van der Waals surface area (Å²) in [5.41, 5.74) is 0.742. The molecule has 0 saturated carbocycles. The second-order valence-electron chi connectivity index (χ2n) is 5.44. The molecule has 1 aliphatic heterocycles. The molecule has 0 bridgehead atoms. The number of nitrogens with one attached hydrogen (secondary N) is 2. The van der Waals surface area contributed by atoms with Crippen molar-refractivity contribution in [2.45, 2.75) is 31.9 Å². The van der Waals surface area contributed by atoms with Gasteiger partial charge in [0.05, 0.1) is 24.7 Å². The van der Waals surface area contributed by atoms with E-state index < -0.39 is 0 Å². The summed E-state index contributed by atoms with van der Waals surface area (Å²) in [6.07, 6.45) is 0.392. The number of hydrogen-bond donors (Lipinski definition) is 2. The summed E-state index contributed by atoms with van der Waals surface area (Å²) in [5, 5.41) is 6.30. The summed E-state index contributed by atoms with van der Waals surface area (Å²) < 4.78 is 5.55. The van der Waals surface area contributed by atoms with E-state index in [2.05, 4.69) is 10.6 Å². The van der Waals surface area contributed by atoms with Gasteiger partial charge in [-0.15, -0.1) is 12.4 Å². The number of halogens is 1. The Morgan fingerprint density at radius 1 is 1.40 bits per heavy atom. The molecule has 20 heavy (non-hydrogen) atoms. The molecule has 4 nitrogen and oxygen atoms in total. The molecule has 112 valence electrons. The lowest BCUT2D eigenvalue weighted by Crippen LogP contribution is -2.45. The summed E-state index contributed by atoms with van der Waals surface area (Å²) in [4.78, 5) is 12.1. The number of rotatable bonds is 4. The molecule has 2 rings (SSSR count). The minimum absolute atomic E-state index is 0. The van der Waals surface area contributed by atoms with Crippen LogP contribution in [-0.2, 0) is 15.1 Å². The van der Waals surface area contributed by atoms with E-state index in [0.717, 1.165) is 18.7 Å². The zero-order valence-corrected chi connectivity index (χ0v) is 12.8. The van der Waals surface area contributed by atoms with Crippen molar-refractivity contribution < 1.29 is 9.53 Å². The molecule has 1 saturated heterocycles. The summed E-state index contributed by atoms with van der Waals surface area (Å²) >= 11 is 0. The molecule has 1 aromatic carbocycles. The Hall–Kier alpha value is -1.10. The van der Waals surface area contributed by atoms with Crippen molar-refractivity contribution in [2.24, 2.45) is 0 Å². The van der Waals surface area contributed by atoms with Gasteiger partial charge in [-0.25, -0.2) is 0 Å². The number of carbonyl (C=O) groups is 1. The van der Waals surface area contributed by atoms with Gasteiger partial charge >= 0.3 is 0 Å². The molecule has 1 aliphatic rings. The maximum absolute atomic E-state index is 12.1. The van der Waals surface area contributed by atoms with E-state index >= 15 is 0 Å². The van der Waals surface area contributed by atoms with Gasteiger partial charge in [-0.1, -0.05) is 30.3 Å². The van der Waals surface area contributed by atoms with Gasteiger partial charge in [0.15, 0.2) is 0 Å². The zero-order valence-electron chi connectivity index (χ0n) is 12.0. The normalized spacial score (nSPS) is 19.0. The molecular formula is C15H23ClN2O2. The van der Waals surface area contributed by atoms with Crippen molar-refractivity contribution in [1.82, 2.24) is 10.6 Å². The smallest absolute Gasteiger partial charge is 0.223 e. The zero-order chi connectivity index (χ0) is 13.7. The van der Waals surface area contributed by atoms with E-state index in [4.69, 9.17) is 4.74 Å². The van der Waals surface area contributed by atoms with Crippen LogP contribution in [0.25, 0.3) is 0 Å². The minimum atomic E-state index is -0.361. The van der Waals surface area contributed by atoms with Crippen LogP contribution in [0.1, 0.15) is 25.8 Å². The number of amides is 1. The van der Waals surface area contributed by atoms with Crippen LogP contribution < -0.4 is 10.6 Å². The van der Waals surface area contributed by atoms with E-state index in [9.17, 15) is 4.79 Å². The van der Waals surface area contributed by atoms with Gasteiger partial charge in [0.25, 0.3) is 0 Å². The number of benzene rings is 1. The van der Waals surface area contributed by atoms with E-state index in [1.165, 1.54) is 0 Å². The molecule has 0 aromatic heterocycles. The quantitative estimate of drug-likeness (QED) is 0.892. The molecule has 1 amide bonds. The lowest BCUT2D eigenvalue weighted by Gasteiger charge is -2.29. The standard InChI is InChI=1S/C15H22N2O2.ClH/c1-15(2,12-6-4-3-5-7-12)17-14(18)10-13-11-16-8-9-19-13;/h3-7,13,16H,8-11H2,1-2H3,(H,17,18);1H. The Labute approximate surface area is 126 Å². The van der Waals surface area contributed by atoms with Crippen LogP contribution in [-0.4, -0.2) is 31.7 Å². The molecule has 1 atom stereocenters. The van der Waals surface area contributed by atoms with Gasteiger partial charge in [0, 0.05) is 13.1 Å². The largest absolute Gasteiger partial charge is 0.375 e. The number of carbonyl (C=O) groups excluding carboxylic acids is 1. The molecule has 1 aromatic rings. The monoisotopic (exact) mass is 298 g/mol. The fourth-order valence-electron chi connectivity index (χ4n) is 2.28. The predicted octanol–water partition coefficient (Wildman–Crippen LogP) is 1.84. The molecule has 5 heteroatoms. The van der Waals surface area contributed by atoms with Gasteiger partial charge in [-0.3, -0.25) is 4.79 Å². The Kier molecular flexibility index (Phi) is 6.46. The van der Waals surface area contributed by atoms with Gasteiger partial charge in [0.1, 0.15) is 0 Å². The Morgan fingerprint density at radius 2 is 2.10 bits per heavy atom. The maximum Gasteiger partial charge on any atom is 0.223 e. The van der Waals surface area contributed by atoms with Crippen LogP contribution in [0, 0.1) is 0 Å². The lowest BCUT2D eigenvalue weighted by molar-refractivity contribution is -0.126. The first-order valence-corrected chi connectivity index (χ1v) is 6.77. The van der Waals surface area contributed by atoms with Gasteiger partial charge < -0.3 is 15.4 Å². The summed E-state index contributed by atoms with van der Waals surface area (Å²) in [7, 11) is 0. The first-order chi connectivity index (χ1) is 9.08. The Morgan fingerprint density at radius 3 is 2.70 bits per heavy atom. The third kappa shape index (κ3) is 4.78. The average molecular weight is 299 g/mol. The molecule has 0 spiro atoms. The van der Waals surface area contributed by atoms with Crippen molar-refractivity contribution in [1.29, 1.82) is 0 Å². The van der Waals surface area contributed by atoms with E-state index in [1.807, 2.05) is 44.2 Å². The fourth-order valence-corrected chi connectivity index (χ4v) is 2.28. The molecule has 1 fully saturated rings. The molecule has 0 aliphatic carbocycles. The third-order valence-electron chi connectivity index (χ3n) is 3.36. The number of hydrogen-bond acceptors (Lipinski definition) is 3. The summed E-state index contributed by atoms with van der Waals surface area (Å²) in [6.45, 7) is 6.33. The van der Waals surface area contributed by atoms with Crippen LogP contribution in [0.15, 0.2) is 30.3 Å². The Bertz CT molecular complexity index is 417. The highest BCUT2D eigenvalue weighted by atomic mass is 35.5. The highest BCUT2D eigenvalue weighted by Crippen LogP contribution is 2.19. The van der Waals surface area contributed by atoms with Crippen LogP contribution in [0.5, 0.6) is 0 Å². The van der Waals surface area contributed by atoms with E-state index in [-0.39, 0.29) is 30.0 Å². The van der Waals surface area contributed by atoms with E-state index in [0.29, 0.717) is 13.0 Å². The first-order valence-electron chi connectivity index (χ1n) is 6.77. The van der Waals surface area contributed by atoms with Crippen molar-refractivity contribution in [2.75, 3.05) is 19.7 Å². The topological polar surface area (TPSA) is 50.4 Å². The van der Waals surface area contributed by atoms with Crippen molar-refractivity contribution >= 4 is 18.3 Å². The van der Waals surface area contributed by atoms with Crippen LogP contribution >= 0.6 is 12.4 Å². The number of ether oxygens (including phenoxy) is 1. The summed E-state index contributed by atoms with van der Waals surface area (Å²) in [5.74, 6) is 0.0301. The van der Waals surface area contributed by atoms with Crippen molar-refractivity contribution in [3.05, 3.63) is 35.9 Å². The van der Waals surface area contributed by atoms with E-state index in [1.54, 1.807) is 0 Å². The second kappa shape index (κ2) is 7.62. The van der Waals surface area contributed by atoms with Crippen molar-refractivity contribution in [3.8, 4) is 0 Å². The maximum atomic E-state index is 12.1. The SMILES string of the molecule is CC(C)(NC(=O)CC1CNCCO1)c1ccccc1.Cl. The molecule has 0 radical (unpaired) electrons. The number of morpholine rings is 1. The predicted molar refractivity (Wildman–Crippen MR) is 82.1 cm³/mol. The molecule has 1 unspecified atom stereocenters. The lowest BCUT2D eigenvalue weighted by atomic mass is 9.94. The molecule has 2 N–H and O–H groups in total. The van der Waals surface area contributed by atoms with Crippen LogP contribution in [0.3, 0.4) is 0 Å². The van der Waals surface area contributed by atoms with Crippen molar-refractivity contribution in [3.63, 3.8) is 0 Å². The van der Waals surface area contributed by atoms with Crippen LogP contribution in [0.2, 0.25) is 0 Å². The second-order valence-corrected chi connectivity index (χ2v) is 5.44. The van der Waals surface area contributed by atoms with Gasteiger partial charge in [0.2, 0.25) is 5.91 Å². The molecule has 1 heterocycles. The third-order valence-corrected chi connectivity index (χ3v) is 3.36. The average Bonchev–Trinajstić information content (AvgIpc) is 2.40. The van der Waals surface area contributed by atoms with Crippen LogP contribution in [0.4, 0.5) is 0 Å². The molecular weight excluding hydrogens is 276 g/mol. The summed E-state index contributed by atoms with van der Waals surface area (Å²) in [6, 6.07) is 10.00. The van der Waals surface area contributed by atoms with Gasteiger partial charge in [-0.05, 0) is 19.4 Å². The fraction of sp³-hybridized carbons (Fsp3) is 0.533. The first kappa shape index (κ1) is 17.0. The highest BCUT2D eigenvalue weighted by molar-refractivity contribution is 5.85. The van der Waals surface area contributed by atoms with Gasteiger partial charge in [-0.2, -0.15) is 0 Å².